The second kappa shape index (κ2) is 18.1. The van der Waals surface area contributed by atoms with Crippen LogP contribution in [0.3, 0.4) is 0 Å². The number of phenolic OH excluding ortho intramolecular Hbond substituents is 1. The molecule has 49 heavy (non-hydrogen) atoms. The minimum atomic E-state index is -0.171. The monoisotopic (exact) mass is 769 g/mol. The number of phenols is 1. The van der Waals surface area contributed by atoms with Crippen LogP contribution in [0.5, 0.6) is 11.5 Å². The summed E-state index contributed by atoms with van der Waals surface area (Å²) >= 11 is -0.171. The molecule has 7 rings (SSSR count). The molecule has 1 saturated carbocycles. The van der Waals surface area contributed by atoms with Gasteiger partial charge in [-0.25, -0.2) is 6.67 Å². The van der Waals surface area contributed by atoms with E-state index < -0.39 is 0 Å². The number of ether oxygens (including phenoxy) is 1. The van der Waals surface area contributed by atoms with E-state index in [1.165, 1.54) is 60.8 Å². The van der Waals surface area contributed by atoms with Crippen molar-refractivity contribution in [3.05, 3.63) is 102 Å². The first-order valence-electron chi connectivity index (χ1n) is 18.1. The third-order valence-corrected chi connectivity index (χ3v) is 11.4. The number of likely N-dealkylation sites (N-methyl/N-ethyl adjacent to an activating group) is 1. The molecular weight excluding hydrogens is 713 g/mol. The zero-order valence-electron chi connectivity index (χ0n) is 30.2. The van der Waals surface area contributed by atoms with E-state index in [9.17, 15) is 5.11 Å². The largest absolute Gasteiger partial charge is 0.507 e. The summed E-state index contributed by atoms with van der Waals surface area (Å²) in [6.45, 7) is 16.2. The van der Waals surface area contributed by atoms with Gasteiger partial charge in [-0.1, -0.05) is 69.3 Å². The van der Waals surface area contributed by atoms with Crippen molar-refractivity contribution in [2.45, 2.75) is 85.3 Å². The quantitative estimate of drug-likeness (QED) is 0.125. The maximum atomic E-state index is 10.5. The van der Waals surface area contributed by atoms with Crippen molar-refractivity contribution in [3.8, 4) is 22.6 Å². The van der Waals surface area contributed by atoms with E-state index in [0.717, 1.165) is 58.9 Å². The van der Waals surface area contributed by atoms with Crippen molar-refractivity contribution in [1.82, 2.24) is 9.80 Å². The minimum absolute atomic E-state index is 0.171. The summed E-state index contributed by atoms with van der Waals surface area (Å²) in [5.74, 6) is 4.06. The van der Waals surface area contributed by atoms with E-state index in [1.54, 1.807) is 0 Å². The van der Waals surface area contributed by atoms with Crippen LogP contribution >= 0.6 is 9.69 Å². The molecule has 0 radical (unpaired) electrons. The number of aryl methyl sites for hydroxylation is 1. The van der Waals surface area contributed by atoms with Crippen molar-refractivity contribution >= 4 is 25.1 Å². The molecule has 2 aliphatic carbocycles. The SMILES string of the molecule is CC(C)[OH+]c1ccccc1[CH]=[Ru][Cl].CC1C[C@H](C)C(N2[CH-]N(C)CC2)[C@@H](C)C1.Oc1ccc2ccccc2c1-c1cccc2c1CCCC2. The zero-order chi connectivity index (χ0) is 34.9. The Kier molecular flexibility index (Phi) is 13.9. The standard InChI is InChI=1S/C20H18O.C13H25N2.C10H12O.ClH.Ru/c21-19-13-12-15-7-2-4-10-17(15)20(19)18-11-5-8-14-6-1-3-9-16(14)18;1-10-7-11(2)13(12(3)8-10)15-6-5-14(4)9-15;1-8(2)11-10-7-5-4-6-9(10)3;;/h2,4-5,7-8,10-13,21H,1,3,6,9H2;9-13H,5-8H2,1-4H3;3-8H,1-2H3;1H;/q;-1;;;+1/t;10?,11-,12-,13?;;;/m.0.../s1. The second-order valence-electron chi connectivity index (χ2n) is 14.6. The topological polar surface area (TPSA) is 39.5 Å². The van der Waals surface area contributed by atoms with E-state index in [2.05, 4.69) is 104 Å². The van der Waals surface area contributed by atoms with Crippen LogP contribution in [0.25, 0.3) is 21.9 Å². The summed E-state index contributed by atoms with van der Waals surface area (Å²) in [5, 5.41) is 12.8. The van der Waals surface area contributed by atoms with Crippen LogP contribution in [0, 0.1) is 24.4 Å². The number of nitrogens with zero attached hydrogens (tertiary/aromatic N) is 2. The molecule has 2 atom stereocenters. The average Bonchev–Trinajstić information content (AvgIpc) is 3.51. The Morgan fingerprint density at radius 2 is 1.59 bits per heavy atom. The number of fused-ring (bicyclic) bond motifs is 2. The third-order valence-electron chi connectivity index (χ3n) is 10.2. The predicted molar refractivity (Wildman–Crippen MR) is 206 cm³/mol. The van der Waals surface area contributed by atoms with Crippen LogP contribution in [0.1, 0.15) is 77.0 Å². The molecule has 2 fully saturated rings. The molecule has 2 N–H and O–H groups in total. The normalized spacial score (nSPS) is 22.9. The minimum Gasteiger partial charge on any atom is -0.507 e. The van der Waals surface area contributed by atoms with E-state index in [0.29, 0.717) is 11.9 Å². The predicted octanol–water partition coefficient (Wildman–Crippen LogP) is 10.2. The fourth-order valence-electron chi connectivity index (χ4n) is 8.30. The van der Waals surface area contributed by atoms with Crippen LogP contribution in [0.4, 0.5) is 0 Å². The van der Waals surface area contributed by atoms with Gasteiger partial charge >= 0.3 is 90.3 Å². The summed E-state index contributed by atoms with van der Waals surface area (Å²) in [7, 11) is 7.92. The van der Waals surface area contributed by atoms with Gasteiger partial charge in [0.25, 0.3) is 0 Å². The molecule has 1 heterocycles. The number of aliphatic hydroxyl groups is 1. The summed E-state index contributed by atoms with van der Waals surface area (Å²) in [4.78, 5) is 4.90. The van der Waals surface area contributed by atoms with Gasteiger partial charge in [-0.2, -0.15) is 0 Å². The Balaban J connectivity index is 0.000000149. The van der Waals surface area contributed by atoms with Gasteiger partial charge in [0.15, 0.2) is 0 Å². The molecule has 0 unspecified atom stereocenters. The molecule has 1 saturated heterocycles. The first-order chi connectivity index (χ1) is 23.7. The molecule has 4 aromatic rings. The van der Waals surface area contributed by atoms with Gasteiger partial charge in [-0.15, -0.1) is 0 Å². The van der Waals surface area contributed by atoms with Gasteiger partial charge in [0.2, 0.25) is 0 Å². The molecule has 0 amide bonds. The molecule has 265 valence electrons. The van der Waals surface area contributed by atoms with E-state index in [1.807, 2.05) is 42.5 Å². The Morgan fingerprint density at radius 3 is 2.31 bits per heavy atom. The van der Waals surface area contributed by atoms with Gasteiger partial charge < -0.3 is 14.9 Å². The van der Waals surface area contributed by atoms with Crippen molar-refractivity contribution in [2.75, 3.05) is 20.1 Å². The van der Waals surface area contributed by atoms with Gasteiger partial charge in [-0.3, -0.25) is 0 Å². The van der Waals surface area contributed by atoms with Crippen molar-refractivity contribution in [3.63, 3.8) is 0 Å². The summed E-state index contributed by atoms with van der Waals surface area (Å²) in [6.07, 6.45) is 7.95. The number of hydrogen-bond acceptors (Lipinski definition) is 3. The Labute approximate surface area is 307 Å². The van der Waals surface area contributed by atoms with Gasteiger partial charge in [0.05, 0.1) is 0 Å². The molecule has 6 heteroatoms. The Morgan fingerprint density at radius 1 is 0.878 bits per heavy atom. The molecular formula is C43H56ClN2O2Ru. The Bertz CT molecular complexity index is 1680. The van der Waals surface area contributed by atoms with Crippen LogP contribution in [-0.4, -0.2) is 56.5 Å². The zero-order valence-corrected chi connectivity index (χ0v) is 32.7. The van der Waals surface area contributed by atoms with Crippen molar-refractivity contribution in [2.24, 2.45) is 17.8 Å². The van der Waals surface area contributed by atoms with Crippen molar-refractivity contribution in [1.29, 1.82) is 0 Å². The second-order valence-corrected chi connectivity index (χ2v) is 16.4. The van der Waals surface area contributed by atoms with E-state index in [4.69, 9.17) is 9.69 Å². The maximum Gasteiger partial charge on any atom is 0.124 e. The van der Waals surface area contributed by atoms with Gasteiger partial charge in [-0.05, 0) is 116 Å². The van der Waals surface area contributed by atoms with Crippen molar-refractivity contribution < 1.29 is 25.5 Å². The first-order valence-corrected chi connectivity index (χ1v) is 21.4. The first kappa shape index (κ1) is 37.7. The number of aromatic hydroxyl groups is 2. The molecule has 3 aliphatic rings. The number of rotatable bonds is 5. The van der Waals surface area contributed by atoms with E-state index in [-0.39, 0.29) is 15.7 Å². The molecule has 0 spiro atoms. The Hall–Kier alpha value is -2.56. The number of para-hydroxylation sites is 1. The fraction of sp³-hybridized carbons (Fsp3) is 0.442. The molecule has 0 bridgehead atoms. The fourth-order valence-corrected chi connectivity index (χ4v) is 9.42. The maximum absolute atomic E-state index is 10.5. The average molecular weight is 769 g/mol. The molecule has 0 aromatic heterocycles. The van der Waals surface area contributed by atoms with Crippen LogP contribution in [-0.2, 0) is 28.5 Å². The van der Waals surface area contributed by atoms with Crippen LogP contribution < -0.4 is 0 Å². The number of hydrogen-bond donors (Lipinski definition) is 1. The van der Waals surface area contributed by atoms with Crippen LogP contribution in [0.15, 0.2) is 78.9 Å². The summed E-state index contributed by atoms with van der Waals surface area (Å²) < 4.78 is 6.57. The van der Waals surface area contributed by atoms with Gasteiger partial charge in [0.1, 0.15) is 5.75 Å². The van der Waals surface area contributed by atoms with E-state index >= 15 is 0 Å². The third kappa shape index (κ3) is 9.82. The summed E-state index contributed by atoms with van der Waals surface area (Å²) in [6, 6.07) is 27.5. The van der Waals surface area contributed by atoms with Gasteiger partial charge in [0, 0.05) is 5.56 Å². The molecule has 4 nitrogen and oxygen atoms in total. The van der Waals surface area contributed by atoms with Crippen LogP contribution in [0.2, 0.25) is 0 Å². The smallest absolute Gasteiger partial charge is 0.124 e. The molecule has 4 aromatic carbocycles. The number of benzene rings is 4. The summed E-state index contributed by atoms with van der Waals surface area (Å²) in [5.41, 5.74) is 6.24. The number of halogens is 1. The molecule has 1 aliphatic heterocycles.